The first-order valence-corrected chi connectivity index (χ1v) is 15.1. The van der Waals surface area contributed by atoms with Crippen LogP contribution >= 0.6 is 0 Å². The van der Waals surface area contributed by atoms with E-state index in [4.69, 9.17) is 17.2 Å². The van der Waals surface area contributed by atoms with Gasteiger partial charge in [-0.1, -0.05) is 37.6 Å². The van der Waals surface area contributed by atoms with Crippen LogP contribution in [0.1, 0.15) is 43.4 Å². The molecule has 0 bridgehead atoms. The Morgan fingerprint density at radius 1 is 0.711 bits per heavy atom. The quantitative estimate of drug-likeness (QED) is 0.205. The minimum atomic E-state index is -4.12. The van der Waals surface area contributed by atoms with Crippen LogP contribution in [0.4, 0.5) is 0 Å². The largest absolute Gasteiger partial charge is 0.422 e. The van der Waals surface area contributed by atoms with Crippen molar-refractivity contribution in [2.45, 2.75) is 40.0 Å². The van der Waals surface area contributed by atoms with Crippen molar-refractivity contribution in [3.63, 3.8) is 0 Å². The maximum Gasteiger partial charge on any atom is 0.343 e. The molecule has 2 aromatic carbocycles. The van der Waals surface area contributed by atoms with E-state index in [0.717, 1.165) is 5.56 Å². The summed E-state index contributed by atoms with van der Waals surface area (Å²) in [5.74, 6) is -1.25. The molecule has 202 valence electrons. The molecular weight excluding hydrogens is 536 g/mol. The van der Waals surface area contributed by atoms with Crippen molar-refractivity contribution in [3.05, 3.63) is 80.0 Å². The van der Waals surface area contributed by atoms with Crippen LogP contribution in [-0.4, -0.2) is 28.3 Å². The Morgan fingerprint density at radius 2 is 1.21 bits per heavy atom. The number of aryl methyl sites for hydroxylation is 1. The molecule has 0 fully saturated rings. The van der Waals surface area contributed by atoms with Gasteiger partial charge in [-0.15, -0.1) is 0 Å². The molecule has 0 saturated heterocycles. The summed E-state index contributed by atoms with van der Waals surface area (Å²) < 4.78 is 72.2. The molecule has 0 N–H and O–H groups in total. The van der Waals surface area contributed by atoms with Crippen molar-refractivity contribution >= 4 is 42.2 Å². The first-order valence-electron chi connectivity index (χ1n) is 11.9. The zero-order valence-electron chi connectivity index (χ0n) is 21.0. The van der Waals surface area contributed by atoms with Crippen molar-refractivity contribution in [3.8, 4) is 11.5 Å². The van der Waals surface area contributed by atoms with Gasteiger partial charge < -0.3 is 17.2 Å². The second-order valence-corrected chi connectivity index (χ2v) is 12.1. The molecule has 2 heterocycles. The maximum absolute atomic E-state index is 13.1. The van der Waals surface area contributed by atoms with Crippen LogP contribution in [-0.2, 0) is 26.7 Å². The topological polar surface area (TPSA) is 147 Å². The predicted molar refractivity (Wildman–Crippen MR) is 142 cm³/mol. The molecule has 0 aliphatic rings. The van der Waals surface area contributed by atoms with Gasteiger partial charge in [0, 0.05) is 6.42 Å². The Bertz CT molecular complexity index is 1850. The fraction of sp³-hybridized carbons (Fsp3) is 0.308. The van der Waals surface area contributed by atoms with Crippen molar-refractivity contribution in [2.24, 2.45) is 0 Å². The van der Waals surface area contributed by atoms with Crippen molar-refractivity contribution < 1.29 is 34.0 Å². The monoisotopic (exact) mass is 562 g/mol. The van der Waals surface area contributed by atoms with Gasteiger partial charge in [0.1, 0.15) is 11.2 Å². The van der Waals surface area contributed by atoms with E-state index in [1.54, 1.807) is 45.0 Å². The lowest BCUT2D eigenvalue weighted by atomic mass is 10.0. The number of rotatable bonds is 10. The molecule has 0 amide bonds. The molecule has 10 nitrogen and oxygen atoms in total. The minimum absolute atomic E-state index is 0.0751. The van der Waals surface area contributed by atoms with Crippen LogP contribution in [0, 0.1) is 6.92 Å². The SMILES string of the molecule is CCCS(=O)(=O)Oc1c(Cc2c(OS(=O)(=O)CCC)c3cc(C)ccc3oc2=O)c(=O)oc2ccccc12. The van der Waals surface area contributed by atoms with Gasteiger partial charge in [-0.25, -0.2) is 9.59 Å². The van der Waals surface area contributed by atoms with Crippen LogP contribution in [0.3, 0.4) is 0 Å². The molecule has 2 aromatic heterocycles. The number of fused-ring (bicyclic) bond motifs is 2. The molecule has 12 heteroatoms. The van der Waals surface area contributed by atoms with E-state index >= 15 is 0 Å². The lowest BCUT2D eigenvalue weighted by Crippen LogP contribution is -2.22. The Kier molecular flexibility index (Phi) is 7.65. The van der Waals surface area contributed by atoms with Gasteiger partial charge in [-0.2, -0.15) is 16.8 Å². The average Bonchev–Trinajstić information content (AvgIpc) is 2.83. The summed E-state index contributed by atoms with van der Waals surface area (Å²) in [5, 5.41) is 0.384. The molecule has 0 aliphatic heterocycles. The summed E-state index contributed by atoms with van der Waals surface area (Å²) in [6.45, 7) is 5.07. The van der Waals surface area contributed by atoms with Crippen LogP contribution in [0.15, 0.2) is 60.9 Å². The third-order valence-electron chi connectivity index (χ3n) is 5.64. The molecule has 0 radical (unpaired) electrons. The van der Waals surface area contributed by atoms with Gasteiger partial charge >= 0.3 is 31.5 Å². The minimum Gasteiger partial charge on any atom is -0.422 e. The first-order chi connectivity index (χ1) is 17.9. The van der Waals surface area contributed by atoms with Gasteiger partial charge in [0.2, 0.25) is 0 Å². The summed E-state index contributed by atoms with van der Waals surface area (Å²) in [5.41, 5.74) is -1.64. The summed E-state index contributed by atoms with van der Waals surface area (Å²) in [6, 6.07) is 10.9. The van der Waals surface area contributed by atoms with E-state index < -0.39 is 37.9 Å². The molecule has 0 atom stereocenters. The maximum atomic E-state index is 13.1. The Hall–Kier alpha value is -3.64. The molecule has 0 aliphatic carbocycles. The Labute approximate surface area is 219 Å². The number of hydrogen-bond donors (Lipinski definition) is 0. The lowest BCUT2D eigenvalue weighted by Gasteiger charge is -2.15. The number of benzene rings is 2. The fourth-order valence-electron chi connectivity index (χ4n) is 4.00. The van der Waals surface area contributed by atoms with E-state index in [-0.39, 0.29) is 68.9 Å². The van der Waals surface area contributed by atoms with E-state index in [0.29, 0.717) is 0 Å². The molecule has 0 spiro atoms. The summed E-state index contributed by atoms with van der Waals surface area (Å²) >= 11 is 0. The van der Waals surface area contributed by atoms with Crippen molar-refractivity contribution in [2.75, 3.05) is 11.5 Å². The van der Waals surface area contributed by atoms with Gasteiger partial charge in [-0.3, -0.25) is 0 Å². The summed E-state index contributed by atoms with van der Waals surface area (Å²) in [6.07, 6.45) is -0.0527. The van der Waals surface area contributed by atoms with Crippen LogP contribution < -0.4 is 19.6 Å². The van der Waals surface area contributed by atoms with Crippen LogP contribution in [0.2, 0.25) is 0 Å². The smallest absolute Gasteiger partial charge is 0.343 e. The molecule has 4 aromatic rings. The number of para-hydroxylation sites is 1. The number of hydrogen-bond acceptors (Lipinski definition) is 10. The first kappa shape index (κ1) is 27.4. The van der Waals surface area contributed by atoms with Crippen LogP contribution in [0.25, 0.3) is 21.9 Å². The molecular formula is C26H26O10S2. The van der Waals surface area contributed by atoms with E-state index in [1.165, 1.54) is 18.2 Å². The summed E-state index contributed by atoms with van der Waals surface area (Å²) in [4.78, 5) is 26.2. The standard InChI is InChI=1S/C26H26O10S2/c1-4-12-37(29,30)35-23-17-8-6-7-9-21(17)33-25(27)19(23)15-20-24(36-38(31,32)13-5-2)18-14-16(3)10-11-22(18)34-26(20)28/h6-11,14H,4-5,12-13,15H2,1-3H3. The molecule has 4 rings (SSSR count). The normalized spacial score (nSPS) is 12.2. The zero-order chi connectivity index (χ0) is 27.7. The fourth-order valence-corrected chi connectivity index (χ4v) is 6.05. The van der Waals surface area contributed by atoms with E-state index in [1.807, 2.05) is 0 Å². The van der Waals surface area contributed by atoms with Crippen LogP contribution in [0.5, 0.6) is 11.5 Å². The third kappa shape index (κ3) is 5.76. The highest BCUT2D eigenvalue weighted by molar-refractivity contribution is 7.87. The van der Waals surface area contributed by atoms with Gasteiger partial charge in [0.25, 0.3) is 0 Å². The summed E-state index contributed by atoms with van der Waals surface area (Å²) in [7, 11) is -8.23. The third-order valence-corrected chi connectivity index (χ3v) is 8.30. The molecule has 0 unspecified atom stereocenters. The second-order valence-electron chi connectivity index (χ2n) is 8.76. The molecule has 38 heavy (non-hydrogen) atoms. The highest BCUT2D eigenvalue weighted by Gasteiger charge is 2.27. The molecule has 0 saturated carbocycles. The highest BCUT2D eigenvalue weighted by atomic mass is 32.2. The Morgan fingerprint density at radius 3 is 1.76 bits per heavy atom. The second kappa shape index (κ2) is 10.6. The predicted octanol–water partition coefficient (Wildman–Crippen LogP) is 4.04. The van der Waals surface area contributed by atoms with E-state index in [9.17, 15) is 26.4 Å². The van der Waals surface area contributed by atoms with Gasteiger partial charge in [0.15, 0.2) is 11.5 Å². The van der Waals surface area contributed by atoms with E-state index in [2.05, 4.69) is 0 Å². The average molecular weight is 563 g/mol. The highest BCUT2D eigenvalue weighted by Crippen LogP contribution is 2.35. The Balaban J connectivity index is 2.01. The van der Waals surface area contributed by atoms with Crippen molar-refractivity contribution in [1.82, 2.24) is 0 Å². The lowest BCUT2D eigenvalue weighted by molar-refractivity contribution is 0.471. The van der Waals surface area contributed by atoms with Gasteiger partial charge in [-0.05, 0) is 44.0 Å². The van der Waals surface area contributed by atoms with Gasteiger partial charge in [0.05, 0.1) is 33.4 Å². The van der Waals surface area contributed by atoms with Crippen molar-refractivity contribution in [1.29, 1.82) is 0 Å². The zero-order valence-corrected chi connectivity index (χ0v) is 22.6.